The van der Waals surface area contributed by atoms with Gasteiger partial charge in [-0.25, -0.2) is 0 Å². The Morgan fingerprint density at radius 2 is 1.38 bits per heavy atom. The van der Waals surface area contributed by atoms with E-state index >= 15 is 0 Å². The van der Waals surface area contributed by atoms with Gasteiger partial charge in [0.15, 0.2) is 0 Å². The van der Waals surface area contributed by atoms with Crippen LogP contribution in [0.3, 0.4) is 0 Å². The maximum atomic E-state index is 11.6. The molecule has 0 aliphatic rings. The molecule has 4 nitrogen and oxygen atoms in total. The van der Waals surface area contributed by atoms with Crippen LogP contribution >= 0.6 is 0 Å². The second-order valence-corrected chi connectivity index (χ2v) is 7.94. The summed E-state index contributed by atoms with van der Waals surface area (Å²) >= 11 is 0. The highest BCUT2D eigenvalue weighted by Gasteiger charge is 2.21. The van der Waals surface area contributed by atoms with Gasteiger partial charge in [0, 0.05) is 0 Å². The first kappa shape index (κ1) is 27.4. The fourth-order valence-electron chi connectivity index (χ4n) is 3.36. The fraction of sp³-hybridized carbons (Fsp3) is 0.760. The summed E-state index contributed by atoms with van der Waals surface area (Å²) in [6.07, 6.45) is 23.9. The molecule has 0 saturated heterocycles. The average molecular weight is 409 g/mol. The zero-order valence-electron chi connectivity index (χ0n) is 18.7. The van der Waals surface area contributed by atoms with Gasteiger partial charge in [0.2, 0.25) is 0 Å². The van der Waals surface area contributed by atoms with Crippen LogP contribution < -0.4 is 0 Å². The van der Waals surface area contributed by atoms with Gasteiger partial charge in [-0.15, -0.1) is 0 Å². The molecule has 0 aromatic heterocycles. The van der Waals surface area contributed by atoms with Gasteiger partial charge in [0.25, 0.3) is 0 Å². The van der Waals surface area contributed by atoms with E-state index in [4.69, 9.17) is 4.74 Å². The van der Waals surface area contributed by atoms with Crippen LogP contribution in [0.4, 0.5) is 0 Å². The molecule has 0 amide bonds. The van der Waals surface area contributed by atoms with E-state index in [1.807, 2.05) is 0 Å². The summed E-state index contributed by atoms with van der Waals surface area (Å²) in [4.78, 5) is 22.8. The maximum Gasteiger partial charge on any atom is 0.307 e. The molecule has 4 heteroatoms. The number of hydrogen-bond acceptors (Lipinski definition) is 3. The number of carbonyl (C=O) groups is 2. The molecule has 1 N–H and O–H groups in total. The van der Waals surface area contributed by atoms with E-state index in [0.717, 1.165) is 19.3 Å². The number of carboxylic acid groups (broad SMARTS) is 1. The minimum Gasteiger partial charge on any atom is -0.481 e. The van der Waals surface area contributed by atoms with Crippen molar-refractivity contribution in [3.05, 3.63) is 24.8 Å². The van der Waals surface area contributed by atoms with Crippen LogP contribution in [0.2, 0.25) is 0 Å². The van der Waals surface area contributed by atoms with Crippen molar-refractivity contribution in [2.24, 2.45) is 5.92 Å². The molecule has 0 spiro atoms. The Hall–Kier alpha value is -1.58. The summed E-state index contributed by atoms with van der Waals surface area (Å²) < 4.78 is 4.88. The van der Waals surface area contributed by atoms with E-state index in [-0.39, 0.29) is 13.0 Å². The van der Waals surface area contributed by atoms with Crippen LogP contribution in [0.25, 0.3) is 0 Å². The predicted octanol–water partition coefficient (Wildman–Crippen LogP) is 7.23. The van der Waals surface area contributed by atoms with Gasteiger partial charge >= 0.3 is 11.9 Å². The van der Waals surface area contributed by atoms with Crippen LogP contribution in [0.15, 0.2) is 24.8 Å². The number of esters is 1. The maximum absolute atomic E-state index is 11.6. The molecule has 0 fully saturated rings. The third-order valence-corrected chi connectivity index (χ3v) is 5.19. The molecule has 29 heavy (non-hydrogen) atoms. The summed E-state index contributed by atoms with van der Waals surface area (Å²) in [6.45, 7) is 5.86. The van der Waals surface area contributed by atoms with Gasteiger partial charge in [-0.05, 0) is 32.1 Å². The minimum atomic E-state index is -0.907. The SMILES string of the molecule is C=CCOC(=O)CC(CCCCCCCCCC/C=C/CCCCCC)C(=O)O. The first-order valence-electron chi connectivity index (χ1n) is 11.8. The van der Waals surface area contributed by atoms with Gasteiger partial charge in [-0.1, -0.05) is 95.9 Å². The normalized spacial score (nSPS) is 12.2. The summed E-state index contributed by atoms with van der Waals surface area (Å²) in [6, 6.07) is 0. The highest BCUT2D eigenvalue weighted by Crippen LogP contribution is 2.17. The lowest BCUT2D eigenvalue weighted by Gasteiger charge is -2.11. The van der Waals surface area contributed by atoms with Crippen molar-refractivity contribution in [2.45, 2.75) is 110 Å². The largest absolute Gasteiger partial charge is 0.481 e. The predicted molar refractivity (Wildman–Crippen MR) is 121 cm³/mol. The van der Waals surface area contributed by atoms with E-state index in [1.54, 1.807) is 0 Å². The van der Waals surface area contributed by atoms with E-state index < -0.39 is 17.9 Å². The zero-order chi connectivity index (χ0) is 21.6. The smallest absolute Gasteiger partial charge is 0.307 e. The van der Waals surface area contributed by atoms with Gasteiger partial charge in [0.1, 0.15) is 6.61 Å². The van der Waals surface area contributed by atoms with Crippen molar-refractivity contribution in [3.63, 3.8) is 0 Å². The van der Waals surface area contributed by atoms with Gasteiger partial charge in [-0.2, -0.15) is 0 Å². The molecule has 0 saturated carbocycles. The highest BCUT2D eigenvalue weighted by atomic mass is 16.5. The molecule has 0 aliphatic carbocycles. The fourth-order valence-corrected chi connectivity index (χ4v) is 3.36. The highest BCUT2D eigenvalue weighted by molar-refractivity contribution is 5.78. The number of unbranched alkanes of at least 4 members (excludes halogenated alkanes) is 12. The van der Waals surface area contributed by atoms with Crippen LogP contribution in [0.1, 0.15) is 110 Å². The van der Waals surface area contributed by atoms with E-state index in [2.05, 4.69) is 25.7 Å². The Bertz CT molecular complexity index is 442. The van der Waals surface area contributed by atoms with Crippen molar-refractivity contribution < 1.29 is 19.4 Å². The van der Waals surface area contributed by atoms with Crippen LogP contribution in [-0.4, -0.2) is 23.7 Å². The van der Waals surface area contributed by atoms with Crippen LogP contribution in [0.5, 0.6) is 0 Å². The monoisotopic (exact) mass is 408 g/mol. The lowest BCUT2D eigenvalue weighted by Crippen LogP contribution is -2.19. The van der Waals surface area contributed by atoms with E-state index in [1.165, 1.54) is 76.7 Å². The zero-order valence-corrected chi connectivity index (χ0v) is 18.7. The van der Waals surface area contributed by atoms with Crippen molar-refractivity contribution in [2.75, 3.05) is 6.61 Å². The van der Waals surface area contributed by atoms with Gasteiger partial charge in [-0.3, -0.25) is 9.59 Å². The van der Waals surface area contributed by atoms with E-state index in [0.29, 0.717) is 6.42 Å². The summed E-state index contributed by atoms with van der Waals surface area (Å²) in [5.74, 6) is -1.99. The molecular weight excluding hydrogens is 364 g/mol. The van der Waals surface area contributed by atoms with Gasteiger partial charge < -0.3 is 9.84 Å². The summed E-state index contributed by atoms with van der Waals surface area (Å²) in [5, 5.41) is 9.24. The molecule has 0 aromatic rings. The number of carboxylic acids is 1. The first-order valence-corrected chi connectivity index (χ1v) is 11.8. The lowest BCUT2D eigenvalue weighted by molar-refractivity contribution is -0.151. The van der Waals surface area contributed by atoms with Gasteiger partial charge in [0.05, 0.1) is 12.3 Å². The first-order chi connectivity index (χ1) is 14.1. The molecule has 1 unspecified atom stereocenters. The third-order valence-electron chi connectivity index (χ3n) is 5.19. The van der Waals surface area contributed by atoms with Crippen LogP contribution in [-0.2, 0) is 14.3 Å². The van der Waals surface area contributed by atoms with Crippen molar-refractivity contribution >= 4 is 11.9 Å². The second kappa shape index (κ2) is 21.1. The van der Waals surface area contributed by atoms with Crippen molar-refractivity contribution in [1.82, 2.24) is 0 Å². The topological polar surface area (TPSA) is 63.6 Å². The quantitative estimate of drug-likeness (QED) is 0.124. The Morgan fingerprint density at radius 1 is 0.862 bits per heavy atom. The number of carbonyl (C=O) groups excluding carboxylic acids is 1. The second-order valence-electron chi connectivity index (χ2n) is 7.94. The Balaban J connectivity index is 3.50. The lowest BCUT2D eigenvalue weighted by atomic mass is 9.97. The van der Waals surface area contributed by atoms with E-state index in [9.17, 15) is 14.7 Å². The molecule has 168 valence electrons. The molecule has 0 aromatic carbocycles. The Kier molecular flexibility index (Phi) is 20.0. The Labute approximate surface area is 178 Å². The number of ether oxygens (including phenoxy) is 1. The number of hydrogen-bond donors (Lipinski definition) is 1. The summed E-state index contributed by atoms with van der Waals surface area (Å²) in [5.41, 5.74) is 0. The third kappa shape index (κ3) is 19.5. The number of rotatable bonds is 21. The molecule has 0 aliphatic heterocycles. The Morgan fingerprint density at radius 3 is 1.90 bits per heavy atom. The molecule has 0 radical (unpaired) electrons. The number of aliphatic carboxylic acids is 1. The molecule has 0 heterocycles. The number of allylic oxidation sites excluding steroid dienone is 2. The summed E-state index contributed by atoms with van der Waals surface area (Å²) in [7, 11) is 0. The minimum absolute atomic E-state index is 0.0453. The molecule has 0 bridgehead atoms. The standard InChI is InChI=1S/C25H44O4/c1-3-5-6-7-8-9-10-11-12-13-14-15-16-17-18-19-20-23(25(27)28)22-24(26)29-21-4-2/h4,9-10,23H,2-3,5-8,11-22H2,1H3,(H,27,28)/b10-9+. The van der Waals surface area contributed by atoms with Crippen molar-refractivity contribution in [1.29, 1.82) is 0 Å². The molecule has 0 rings (SSSR count). The van der Waals surface area contributed by atoms with Crippen LogP contribution in [0, 0.1) is 5.92 Å². The van der Waals surface area contributed by atoms with Crippen molar-refractivity contribution in [3.8, 4) is 0 Å². The molecule has 1 atom stereocenters. The average Bonchev–Trinajstić information content (AvgIpc) is 2.70. The molecular formula is C25H44O4.